The average Bonchev–Trinajstić information content (AvgIpc) is 3.82. The van der Waals surface area contributed by atoms with E-state index >= 15 is 0 Å². The standard InChI is InChI=1S/C39H29N5S/c1-2-3-23-43-38-29-15-10-22-41-36(29)35-28(14-9-21-40-35)37(38)42-39(43)34-20-19-33(45-34)25-17-18-32-30(24-25)27-13-7-8-16-31(27)44(32)26-11-5-4-6-12-26/h4-22,24H,2-3,23H2,1H3. The Morgan fingerprint density at radius 2 is 1.33 bits per heavy atom. The van der Waals surface area contributed by atoms with E-state index in [4.69, 9.17) is 15.0 Å². The molecule has 0 saturated heterocycles. The summed E-state index contributed by atoms with van der Waals surface area (Å²) < 4.78 is 4.78. The third-order valence-corrected chi connectivity index (χ3v) is 9.98. The molecule has 0 aliphatic heterocycles. The minimum Gasteiger partial charge on any atom is -0.323 e. The van der Waals surface area contributed by atoms with E-state index < -0.39 is 0 Å². The van der Waals surface area contributed by atoms with Gasteiger partial charge in [-0.2, -0.15) is 0 Å². The van der Waals surface area contributed by atoms with Gasteiger partial charge < -0.3 is 9.13 Å². The van der Waals surface area contributed by atoms with E-state index in [1.807, 2.05) is 35.9 Å². The fourth-order valence-electron chi connectivity index (χ4n) is 6.80. The van der Waals surface area contributed by atoms with Crippen molar-refractivity contribution in [1.82, 2.24) is 24.1 Å². The van der Waals surface area contributed by atoms with Crippen molar-refractivity contribution in [2.45, 2.75) is 26.3 Å². The van der Waals surface area contributed by atoms with Crippen LogP contribution in [0.5, 0.6) is 0 Å². The van der Waals surface area contributed by atoms with E-state index in [0.29, 0.717) is 0 Å². The van der Waals surface area contributed by atoms with Crippen LogP contribution in [0.2, 0.25) is 0 Å². The highest BCUT2D eigenvalue weighted by Crippen LogP contribution is 2.41. The molecule has 4 aromatic carbocycles. The van der Waals surface area contributed by atoms with Crippen LogP contribution >= 0.6 is 11.3 Å². The summed E-state index contributed by atoms with van der Waals surface area (Å²) in [5, 5.41) is 4.67. The predicted molar refractivity (Wildman–Crippen MR) is 188 cm³/mol. The summed E-state index contributed by atoms with van der Waals surface area (Å²) in [6, 6.07) is 39.0. The van der Waals surface area contributed by atoms with Crippen molar-refractivity contribution in [3.8, 4) is 26.8 Å². The number of fused-ring (bicyclic) bond motifs is 9. The molecule has 0 bridgehead atoms. The molecule has 0 spiro atoms. The normalized spacial score (nSPS) is 11.9. The van der Waals surface area contributed by atoms with E-state index in [2.05, 4.69) is 113 Å². The number of hydrogen-bond donors (Lipinski definition) is 0. The molecule has 0 unspecified atom stereocenters. The van der Waals surface area contributed by atoms with Gasteiger partial charge in [0.2, 0.25) is 0 Å². The molecule has 9 rings (SSSR count). The molecule has 9 aromatic rings. The number of pyridine rings is 2. The van der Waals surface area contributed by atoms with Crippen LogP contribution in [0.25, 0.3) is 81.5 Å². The third kappa shape index (κ3) is 4.02. The summed E-state index contributed by atoms with van der Waals surface area (Å²) in [6.07, 6.45) is 5.88. The Hall–Kier alpha value is -5.33. The maximum Gasteiger partial charge on any atom is 0.151 e. The number of unbranched alkanes of at least 4 members (excludes halogenated alkanes) is 1. The van der Waals surface area contributed by atoms with Crippen LogP contribution in [0.1, 0.15) is 19.8 Å². The highest BCUT2D eigenvalue weighted by molar-refractivity contribution is 7.18. The fourth-order valence-corrected chi connectivity index (χ4v) is 7.80. The maximum absolute atomic E-state index is 5.35. The van der Waals surface area contributed by atoms with Gasteiger partial charge in [-0.1, -0.05) is 55.8 Å². The smallest absolute Gasteiger partial charge is 0.151 e. The van der Waals surface area contributed by atoms with Crippen molar-refractivity contribution in [3.63, 3.8) is 0 Å². The molecular formula is C39H29N5S. The summed E-state index contributed by atoms with van der Waals surface area (Å²) in [5.74, 6) is 1.01. The van der Waals surface area contributed by atoms with Crippen molar-refractivity contribution in [3.05, 3.63) is 122 Å². The second-order valence-electron chi connectivity index (χ2n) is 11.5. The largest absolute Gasteiger partial charge is 0.323 e. The van der Waals surface area contributed by atoms with Crippen LogP contribution in [-0.2, 0) is 6.54 Å². The number of rotatable bonds is 6. The molecule has 6 heteroatoms. The van der Waals surface area contributed by atoms with E-state index in [-0.39, 0.29) is 0 Å². The molecule has 0 N–H and O–H groups in total. The van der Waals surface area contributed by atoms with Crippen molar-refractivity contribution >= 4 is 66.0 Å². The molecule has 0 fully saturated rings. The first-order valence-corrected chi connectivity index (χ1v) is 16.3. The van der Waals surface area contributed by atoms with Gasteiger partial charge in [0.1, 0.15) is 0 Å². The summed E-state index contributed by atoms with van der Waals surface area (Å²) >= 11 is 1.81. The molecule has 0 aliphatic carbocycles. The van der Waals surface area contributed by atoms with Crippen molar-refractivity contribution in [2.75, 3.05) is 0 Å². The molecule has 216 valence electrons. The molecule has 5 nitrogen and oxygen atoms in total. The zero-order valence-corrected chi connectivity index (χ0v) is 25.6. The predicted octanol–water partition coefficient (Wildman–Crippen LogP) is 10.4. The van der Waals surface area contributed by atoms with Crippen LogP contribution < -0.4 is 0 Å². The number of imidazole rings is 1. The van der Waals surface area contributed by atoms with Gasteiger partial charge >= 0.3 is 0 Å². The summed E-state index contributed by atoms with van der Waals surface area (Å²) in [6.45, 7) is 3.14. The molecule has 5 heterocycles. The van der Waals surface area contributed by atoms with Crippen LogP contribution in [-0.4, -0.2) is 24.1 Å². The zero-order valence-electron chi connectivity index (χ0n) is 24.8. The van der Waals surface area contributed by atoms with Gasteiger partial charge in [-0.15, -0.1) is 11.3 Å². The topological polar surface area (TPSA) is 48.5 Å². The second kappa shape index (κ2) is 10.4. The number of thiophene rings is 1. The number of benzene rings is 4. The molecule has 0 amide bonds. The summed E-state index contributed by atoms with van der Waals surface area (Å²) in [5.41, 5.74) is 8.80. The van der Waals surface area contributed by atoms with Crippen LogP contribution in [0.3, 0.4) is 0 Å². The van der Waals surface area contributed by atoms with Crippen molar-refractivity contribution < 1.29 is 0 Å². The van der Waals surface area contributed by atoms with Crippen molar-refractivity contribution in [1.29, 1.82) is 0 Å². The van der Waals surface area contributed by atoms with Crippen LogP contribution in [0.15, 0.2) is 122 Å². The number of nitrogens with zero attached hydrogens (tertiary/aromatic N) is 5. The van der Waals surface area contributed by atoms with Gasteiger partial charge in [0, 0.05) is 51.0 Å². The van der Waals surface area contributed by atoms with Gasteiger partial charge in [-0.3, -0.25) is 9.97 Å². The molecule has 0 radical (unpaired) electrons. The molecule has 0 saturated carbocycles. The first-order valence-electron chi connectivity index (χ1n) is 15.5. The highest BCUT2D eigenvalue weighted by atomic mass is 32.1. The monoisotopic (exact) mass is 599 g/mol. The molecule has 5 aromatic heterocycles. The highest BCUT2D eigenvalue weighted by Gasteiger charge is 2.21. The fraction of sp³-hybridized carbons (Fsp3) is 0.103. The van der Waals surface area contributed by atoms with Crippen LogP contribution in [0.4, 0.5) is 0 Å². The molecule has 0 aliphatic rings. The Morgan fingerprint density at radius 1 is 0.622 bits per heavy atom. The lowest BCUT2D eigenvalue weighted by Crippen LogP contribution is -2.00. The van der Waals surface area contributed by atoms with Gasteiger partial charge in [0.05, 0.1) is 38.0 Å². The number of para-hydroxylation sites is 2. The van der Waals surface area contributed by atoms with Crippen LogP contribution in [0, 0.1) is 0 Å². The van der Waals surface area contributed by atoms with Gasteiger partial charge in [0.25, 0.3) is 0 Å². The Bertz CT molecular complexity index is 2540. The van der Waals surface area contributed by atoms with E-state index in [1.165, 1.54) is 37.9 Å². The Labute approximate surface area is 264 Å². The third-order valence-electron chi connectivity index (χ3n) is 8.85. The minimum atomic E-state index is 0.899. The van der Waals surface area contributed by atoms with E-state index in [1.54, 1.807) is 0 Å². The van der Waals surface area contributed by atoms with Gasteiger partial charge in [-0.05, 0) is 78.7 Å². The van der Waals surface area contributed by atoms with E-state index in [0.717, 1.165) is 62.9 Å². The SMILES string of the molecule is CCCCn1c(-c2ccc(-c3ccc4c(c3)c3ccccc3n4-c3ccccc3)s2)nc2c3cccnc3c3ncccc3c21. The molecule has 0 atom stereocenters. The minimum absolute atomic E-state index is 0.899. The summed E-state index contributed by atoms with van der Waals surface area (Å²) in [4.78, 5) is 17.3. The number of hydrogen-bond acceptors (Lipinski definition) is 4. The first kappa shape index (κ1) is 26.1. The van der Waals surface area contributed by atoms with E-state index in [9.17, 15) is 0 Å². The lowest BCUT2D eigenvalue weighted by atomic mass is 10.1. The number of aromatic nitrogens is 5. The summed E-state index contributed by atoms with van der Waals surface area (Å²) in [7, 11) is 0. The Kier molecular flexibility index (Phi) is 6.03. The second-order valence-corrected chi connectivity index (χ2v) is 12.6. The zero-order chi connectivity index (χ0) is 29.9. The number of aryl methyl sites for hydroxylation is 1. The molecule has 45 heavy (non-hydrogen) atoms. The van der Waals surface area contributed by atoms with Gasteiger partial charge in [0.15, 0.2) is 5.82 Å². The maximum atomic E-state index is 5.35. The lowest BCUT2D eigenvalue weighted by molar-refractivity contribution is 0.652. The Balaban J connectivity index is 1.23. The molecular weight excluding hydrogens is 571 g/mol. The first-order chi connectivity index (χ1) is 22.3. The van der Waals surface area contributed by atoms with Crippen molar-refractivity contribution in [2.24, 2.45) is 0 Å². The lowest BCUT2D eigenvalue weighted by Gasteiger charge is -2.10. The average molecular weight is 600 g/mol. The van der Waals surface area contributed by atoms with Gasteiger partial charge in [-0.25, -0.2) is 4.98 Å². The quantitative estimate of drug-likeness (QED) is 0.179. The Morgan fingerprint density at radius 3 is 2.18 bits per heavy atom.